The van der Waals surface area contributed by atoms with E-state index < -0.39 is 49.4 Å². The molecular formula is C21H23N5O7. The third-order valence-electron chi connectivity index (χ3n) is 4.15. The van der Waals surface area contributed by atoms with Gasteiger partial charge in [-0.05, 0) is 35.9 Å². The molecule has 0 aliphatic rings. The predicted octanol–water partition coefficient (Wildman–Crippen LogP) is 0.517. The standard InChI is InChI=1S/C21H23N5O7/c22-21(23)25-14-5-1-4-13(7-14)20(32)24-10-17(27)26-16(9-18(28)29)12-3-2-6-15(8-12)33-11-19(30)31/h1-8,16H,9-11H2,(H,24,32)(H,26,27)(H,28,29)(H,30,31)(H4,22,23,25). The van der Waals surface area contributed by atoms with Crippen molar-refractivity contribution in [3.8, 4) is 5.75 Å². The lowest BCUT2D eigenvalue weighted by atomic mass is 10.0. The fourth-order valence-electron chi connectivity index (χ4n) is 2.79. The molecule has 33 heavy (non-hydrogen) atoms. The zero-order valence-electron chi connectivity index (χ0n) is 17.3. The van der Waals surface area contributed by atoms with Crippen molar-refractivity contribution in [3.63, 3.8) is 0 Å². The number of hydrogen-bond acceptors (Lipinski definition) is 6. The molecule has 0 spiro atoms. The SMILES string of the molecule is N=C(N)Nc1cccc(C(=O)NCC(=O)NC(CC(=O)O)c2cccc(OCC(=O)O)c2)c1. The van der Waals surface area contributed by atoms with E-state index in [2.05, 4.69) is 16.0 Å². The lowest BCUT2D eigenvalue weighted by molar-refractivity contribution is -0.139. The van der Waals surface area contributed by atoms with Crippen LogP contribution in [0.15, 0.2) is 48.5 Å². The highest BCUT2D eigenvalue weighted by Gasteiger charge is 2.19. The molecule has 0 aliphatic carbocycles. The van der Waals surface area contributed by atoms with Crippen molar-refractivity contribution in [1.82, 2.24) is 10.6 Å². The minimum atomic E-state index is -1.17. The molecular weight excluding hydrogens is 434 g/mol. The van der Waals surface area contributed by atoms with E-state index in [1.165, 1.54) is 30.3 Å². The maximum Gasteiger partial charge on any atom is 0.341 e. The van der Waals surface area contributed by atoms with Crippen LogP contribution in [0.1, 0.15) is 28.4 Å². The summed E-state index contributed by atoms with van der Waals surface area (Å²) < 4.78 is 5.09. The van der Waals surface area contributed by atoms with Crippen LogP contribution in [0.4, 0.5) is 5.69 Å². The number of rotatable bonds is 11. The molecule has 0 radical (unpaired) electrons. The van der Waals surface area contributed by atoms with Crippen LogP contribution in [-0.2, 0) is 14.4 Å². The normalized spacial score (nSPS) is 11.0. The van der Waals surface area contributed by atoms with Crippen molar-refractivity contribution in [3.05, 3.63) is 59.7 Å². The van der Waals surface area contributed by atoms with Crippen molar-refractivity contribution >= 4 is 35.4 Å². The summed E-state index contributed by atoms with van der Waals surface area (Å²) in [7, 11) is 0. The highest BCUT2D eigenvalue weighted by Crippen LogP contribution is 2.22. The first-order chi connectivity index (χ1) is 15.6. The Bertz CT molecular complexity index is 1060. The first-order valence-corrected chi connectivity index (χ1v) is 9.59. The summed E-state index contributed by atoms with van der Waals surface area (Å²) in [5.74, 6) is -3.63. The van der Waals surface area contributed by atoms with Crippen molar-refractivity contribution < 1.29 is 34.1 Å². The second-order valence-electron chi connectivity index (χ2n) is 6.78. The van der Waals surface area contributed by atoms with Crippen LogP contribution in [0.3, 0.4) is 0 Å². The lowest BCUT2D eigenvalue weighted by Gasteiger charge is -2.18. The van der Waals surface area contributed by atoms with E-state index in [1.807, 2.05) is 0 Å². The molecule has 0 aliphatic heterocycles. The van der Waals surface area contributed by atoms with Gasteiger partial charge in [0, 0.05) is 11.3 Å². The number of carbonyl (C=O) groups excluding carboxylic acids is 2. The maximum absolute atomic E-state index is 12.4. The molecule has 2 rings (SSSR count). The van der Waals surface area contributed by atoms with Gasteiger partial charge in [-0.25, -0.2) is 4.79 Å². The van der Waals surface area contributed by atoms with Crippen LogP contribution in [0.25, 0.3) is 0 Å². The number of carboxylic acids is 2. The molecule has 0 fully saturated rings. The van der Waals surface area contributed by atoms with E-state index in [0.717, 1.165) is 0 Å². The van der Waals surface area contributed by atoms with E-state index >= 15 is 0 Å². The topological polar surface area (TPSA) is 204 Å². The van der Waals surface area contributed by atoms with Crippen LogP contribution >= 0.6 is 0 Å². The molecule has 0 saturated heterocycles. The fraction of sp³-hybridized carbons (Fsp3) is 0.190. The smallest absolute Gasteiger partial charge is 0.341 e. The zero-order chi connectivity index (χ0) is 24.4. The second kappa shape index (κ2) is 11.7. The Morgan fingerprint density at radius 1 is 1.03 bits per heavy atom. The van der Waals surface area contributed by atoms with Gasteiger partial charge in [-0.15, -0.1) is 0 Å². The van der Waals surface area contributed by atoms with Crippen molar-refractivity contribution in [1.29, 1.82) is 5.41 Å². The van der Waals surface area contributed by atoms with Crippen molar-refractivity contribution in [2.45, 2.75) is 12.5 Å². The Balaban J connectivity index is 2.02. The highest BCUT2D eigenvalue weighted by molar-refractivity contribution is 5.98. The Morgan fingerprint density at radius 3 is 2.42 bits per heavy atom. The van der Waals surface area contributed by atoms with Crippen molar-refractivity contribution in [2.24, 2.45) is 5.73 Å². The number of hydrogen-bond donors (Lipinski definition) is 7. The van der Waals surface area contributed by atoms with E-state index in [1.54, 1.807) is 18.2 Å². The first kappa shape index (κ1) is 24.7. The highest BCUT2D eigenvalue weighted by atomic mass is 16.5. The zero-order valence-corrected chi connectivity index (χ0v) is 17.3. The molecule has 0 saturated carbocycles. The summed E-state index contributed by atoms with van der Waals surface area (Å²) in [6.45, 7) is -0.997. The molecule has 2 aromatic rings. The molecule has 1 unspecified atom stereocenters. The number of ether oxygens (including phenoxy) is 1. The number of nitrogens with one attached hydrogen (secondary N) is 4. The predicted molar refractivity (Wildman–Crippen MR) is 117 cm³/mol. The van der Waals surface area contributed by atoms with E-state index in [-0.39, 0.29) is 17.3 Å². The van der Waals surface area contributed by atoms with Gasteiger partial charge in [0.05, 0.1) is 19.0 Å². The molecule has 0 heterocycles. The van der Waals surface area contributed by atoms with Crippen LogP contribution in [0, 0.1) is 5.41 Å². The largest absolute Gasteiger partial charge is 0.482 e. The van der Waals surface area contributed by atoms with Crippen LogP contribution in [-0.4, -0.2) is 53.1 Å². The molecule has 1 atom stereocenters. The monoisotopic (exact) mass is 457 g/mol. The number of nitrogens with two attached hydrogens (primary N) is 1. The summed E-state index contributed by atoms with van der Waals surface area (Å²) in [6, 6.07) is 11.2. The minimum absolute atomic E-state index is 0.201. The minimum Gasteiger partial charge on any atom is -0.482 e. The molecule has 174 valence electrons. The third kappa shape index (κ3) is 8.57. The summed E-state index contributed by atoms with van der Waals surface area (Å²) >= 11 is 0. The van der Waals surface area contributed by atoms with Crippen LogP contribution in [0.5, 0.6) is 5.75 Å². The fourth-order valence-corrected chi connectivity index (χ4v) is 2.79. The molecule has 0 aromatic heterocycles. The maximum atomic E-state index is 12.4. The Labute approximate surface area is 188 Å². The number of amides is 2. The van der Waals surface area contributed by atoms with Gasteiger partial charge >= 0.3 is 11.9 Å². The first-order valence-electron chi connectivity index (χ1n) is 9.59. The number of anilines is 1. The van der Waals surface area contributed by atoms with E-state index in [4.69, 9.17) is 21.0 Å². The summed E-state index contributed by atoms with van der Waals surface area (Å²) in [4.78, 5) is 46.6. The molecule has 8 N–H and O–H groups in total. The quantitative estimate of drug-likeness (QED) is 0.185. The Hall–Kier alpha value is -4.61. The van der Waals surface area contributed by atoms with E-state index in [0.29, 0.717) is 11.3 Å². The number of guanidine groups is 1. The number of carboxylic acid groups (broad SMARTS) is 2. The van der Waals surface area contributed by atoms with Gasteiger partial charge < -0.3 is 36.6 Å². The molecule has 0 bridgehead atoms. The molecule has 12 nitrogen and oxygen atoms in total. The van der Waals surface area contributed by atoms with Gasteiger partial charge in [-0.2, -0.15) is 0 Å². The van der Waals surface area contributed by atoms with Gasteiger partial charge in [-0.3, -0.25) is 19.8 Å². The van der Waals surface area contributed by atoms with Gasteiger partial charge in [0.15, 0.2) is 12.6 Å². The lowest BCUT2D eigenvalue weighted by Crippen LogP contribution is -2.39. The van der Waals surface area contributed by atoms with Crippen LogP contribution in [0.2, 0.25) is 0 Å². The van der Waals surface area contributed by atoms with E-state index in [9.17, 15) is 24.3 Å². The van der Waals surface area contributed by atoms with Gasteiger partial charge in [-0.1, -0.05) is 18.2 Å². The third-order valence-corrected chi connectivity index (χ3v) is 4.15. The summed E-state index contributed by atoms with van der Waals surface area (Å²) in [6.07, 6.45) is -0.444. The average molecular weight is 457 g/mol. The molecule has 2 amide bonds. The second-order valence-corrected chi connectivity index (χ2v) is 6.78. The number of aliphatic carboxylic acids is 2. The van der Waals surface area contributed by atoms with Crippen LogP contribution < -0.4 is 26.4 Å². The number of carbonyl (C=O) groups is 4. The van der Waals surface area contributed by atoms with Gasteiger partial charge in [0.2, 0.25) is 5.91 Å². The van der Waals surface area contributed by atoms with Crippen molar-refractivity contribution in [2.75, 3.05) is 18.5 Å². The molecule has 12 heteroatoms. The average Bonchev–Trinajstić information content (AvgIpc) is 2.75. The summed E-state index contributed by atoms with van der Waals surface area (Å²) in [5.41, 5.74) is 6.30. The molecule has 2 aromatic carbocycles. The Morgan fingerprint density at radius 2 is 1.76 bits per heavy atom. The van der Waals surface area contributed by atoms with Gasteiger partial charge in [0.25, 0.3) is 5.91 Å². The Kier molecular flexibility index (Phi) is 8.74. The van der Waals surface area contributed by atoms with Gasteiger partial charge in [0.1, 0.15) is 5.75 Å². The number of benzene rings is 2. The summed E-state index contributed by atoms with van der Waals surface area (Å²) in [5, 5.41) is 32.7.